The van der Waals surface area contributed by atoms with Crippen LogP contribution in [0.2, 0.25) is 0 Å². The molecule has 1 heterocycles. The van der Waals surface area contributed by atoms with E-state index in [1.54, 1.807) is 0 Å². The van der Waals surface area contributed by atoms with Crippen LogP contribution in [0.4, 0.5) is 0 Å². The van der Waals surface area contributed by atoms with Crippen molar-refractivity contribution in [3.63, 3.8) is 0 Å². The predicted octanol–water partition coefficient (Wildman–Crippen LogP) is 3.65. The number of nitrogens with zero attached hydrogens (tertiary/aromatic N) is 1. The Bertz CT molecular complexity index is 330. The Kier molecular flexibility index (Phi) is 5.22. The van der Waals surface area contributed by atoms with Crippen molar-refractivity contribution >= 4 is 11.3 Å². The quantitative estimate of drug-likeness (QED) is 0.881. The summed E-state index contributed by atoms with van der Waals surface area (Å²) in [6.45, 7) is 3.09. The minimum atomic E-state index is 0.487. The summed E-state index contributed by atoms with van der Waals surface area (Å²) in [6.07, 6.45) is 6.93. The fourth-order valence-electron chi connectivity index (χ4n) is 3.23. The number of rotatable bonds is 5. The highest BCUT2D eigenvalue weighted by atomic mass is 32.1. The van der Waals surface area contributed by atoms with E-state index in [9.17, 15) is 0 Å². The largest absolute Gasteiger partial charge is 0.329 e. The van der Waals surface area contributed by atoms with Crippen LogP contribution in [0.15, 0.2) is 17.5 Å². The Balaban J connectivity index is 2.02. The fourth-order valence-corrected chi connectivity index (χ4v) is 4.06. The van der Waals surface area contributed by atoms with E-state index in [0.29, 0.717) is 12.1 Å². The molecule has 102 valence electrons. The van der Waals surface area contributed by atoms with Gasteiger partial charge in [-0.3, -0.25) is 4.90 Å². The highest BCUT2D eigenvalue weighted by Crippen LogP contribution is 2.32. The Morgan fingerprint density at radius 2 is 2.11 bits per heavy atom. The molecule has 0 aliphatic heterocycles. The third kappa shape index (κ3) is 3.14. The van der Waals surface area contributed by atoms with E-state index in [0.717, 1.165) is 12.5 Å². The summed E-state index contributed by atoms with van der Waals surface area (Å²) < 4.78 is 0. The standard InChI is InChI=1S/C15H26N2S/c1-12(15-9-6-10-18-15)17(2)14(11-16)13-7-4-3-5-8-13/h6,9-10,12-14H,3-5,7-8,11,16H2,1-2H3. The predicted molar refractivity (Wildman–Crippen MR) is 79.9 cm³/mol. The molecule has 3 heteroatoms. The zero-order chi connectivity index (χ0) is 13.0. The van der Waals surface area contributed by atoms with Crippen molar-refractivity contribution in [2.45, 2.75) is 51.1 Å². The van der Waals surface area contributed by atoms with Crippen molar-refractivity contribution in [2.75, 3.05) is 13.6 Å². The molecule has 0 bridgehead atoms. The molecule has 1 aliphatic carbocycles. The molecule has 1 aromatic rings. The maximum Gasteiger partial charge on any atom is 0.0413 e. The van der Waals surface area contributed by atoms with Gasteiger partial charge in [0.25, 0.3) is 0 Å². The van der Waals surface area contributed by atoms with E-state index in [-0.39, 0.29) is 0 Å². The van der Waals surface area contributed by atoms with Crippen molar-refractivity contribution < 1.29 is 0 Å². The van der Waals surface area contributed by atoms with E-state index < -0.39 is 0 Å². The van der Waals surface area contributed by atoms with E-state index in [1.165, 1.54) is 37.0 Å². The van der Waals surface area contributed by atoms with Crippen LogP contribution in [0.3, 0.4) is 0 Å². The van der Waals surface area contributed by atoms with Gasteiger partial charge in [-0.05, 0) is 44.2 Å². The lowest BCUT2D eigenvalue weighted by atomic mass is 9.83. The van der Waals surface area contributed by atoms with Crippen LogP contribution in [0.5, 0.6) is 0 Å². The fraction of sp³-hybridized carbons (Fsp3) is 0.733. The Labute approximate surface area is 115 Å². The van der Waals surface area contributed by atoms with E-state index >= 15 is 0 Å². The molecule has 0 spiro atoms. The lowest BCUT2D eigenvalue weighted by molar-refractivity contribution is 0.115. The molecule has 2 nitrogen and oxygen atoms in total. The lowest BCUT2D eigenvalue weighted by Crippen LogP contribution is -2.45. The van der Waals surface area contributed by atoms with Crippen LogP contribution in [0.25, 0.3) is 0 Å². The molecule has 0 amide bonds. The van der Waals surface area contributed by atoms with Gasteiger partial charge >= 0.3 is 0 Å². The second-order valence-electron chi connectivity index (χ2n) is 5.56. The highest BCUT2D eigenvalue weighted by molar-refractivity contribution is 7.10. The zero-order valence-corrected chi connectivity index (χ0v) is 12.5. The Hall–Kier alpha value is -0.380. The van der Waals surface area contributed by atoms with Crippen molar-refractivity contribution in [1.29, 1.82) is 0 Å². The van der Waals surface area contributed by atoms with Gasteiger partial charge in [0.05, 0.1) is 0 Å². The van der Waals surface area contributed by atoms with Crippen LogP contribution in [-0.4, -0.2) is 24.5 Å². The Morgan fingerprint density at radius 3 is 2.67 bits per heavy atom. The van der Waals surface area contributed by atoms with Crippen LogP contribution in [0.1, 0.15) is 49.9 Å². The van der Waals surface area contributed by atoms with Gasteiger partial charge in [-0.1, -0.05) is 25.3 Å². The summed E-state index contributed by atoms with van der Waals surface area (Å²) in [5, 5.41) is 2.16. The van der Waals surface area contributed by atoms with Gasteiger partial charge in [0.2, 0.25) is 0 Å². The molecule has 1 aromatic heterocycles. The monoisotopic (exact) mass is 266 g/mol. The van der Waals surface area contributed by atoms with Crippen molar-refractivity contribution in [2.24, 2.45) is 11.7 Å². The second-order valence-corrected chi connectivity index (χ2v) is 6.54. The van der Waals surface area contributed by atoms with Crippen LogP contribution in [0, 0.1) is 5.92 Å². The summed E-state index contributed by atoms with van der Waals surface area (Å²) in [6, 6.07) is 5.41. The number of nitrogens with two attached hydrogens (primary N) is 1. The van der Waals surface area contributed by atoms with Gasteiger partial charge in [0, 0.05) is 23.5 Å². The van der Waals surface area contributed by atoms with Gasteiger partial charge in [-0.15, -0.1) is 11.3 Å². The first-order valence-corrected chi connectivity index (χ1v) is 8.07. The molecular formula is C15H26N2S. The molecule has 2 rings (SSSR count). The third-order valence-corrected chi connectivity index (χ3v) is 5.57. The molecule has 0 aromatic carbocycles. The molecule has 2 unspecified atom stereocenters. The van der Waals surface area contributed by atoms with Crippen LogP contribution >= 0.6 is 11.3 Å². The van der Waals surface area contributed by atoms with Crippen molar-refractivity contribution in [1.82, 2.24) is 4.90 Å². The molecule has 1 aliphatic rings. The maximum atomic E-state index is 6.06. The first kappa shape index (κ1) is 14.0. The lowest BCUT2D eigenvalue weighted by Gasteiger charge is -2.39. The number of thiophene rings is 1. The van der Waals surface area contributed by atoms with Gasteiger partial charge in [-0.25, -0.2) is 0 Å². The van der Waals surface area contributed by atoms with Gasteiger partial charge in [0.15, 0.2) is 0 Å². The molecule has 0 radical (unpaired) electrons. The first-order chi connectivity index (χ1) is 8.74. The average Bonchev–Trinajstić information content (AvgIpc) is 2.94. The average molecular weight is 266 g/mol. The molecule has 1 saturated carbocycles. The van der Waals surface area contributed by atoms with E-state index in [2.05, 4.69) is 36.4 Å². The first-order valence-electron chi connectivity index (χ1n) is 7.19. The second kappa shape index (κ2) is 6.69. The molecule has 2 atom stereocenters. The molecule has 1 fully saturated rings. The maximum absolute atomic E-state index is 6.06. The summed E-state index contributed by atoms with van der Waals surface area (Å²) in [7, 11) is 2.25. The van der Waals surface area contributed by atoms with Gasteiger partial charge in [0.1, 0.15) is 0 Å². The topological polar surface area (TPSA) is 29.3 Å². The summed E-state index contributed by atoms with van der Waals surface area (Å²) in [5.41, 5.74) is 6.06. The van der Waals surface area contributed by atoms with E-state index in [1.807, 2.05) is 11.3 Å². The van der Waals surface area contributed by atoms with Crippen molar-refractivity contribution in [3.05, 3.63) is 22.4 Å². The third-order valence-electron chi connectivity index (χ3n) is 4.52. The number of likely N-dealkylation sites (N-methyl/N-ethyl adjacent to an activating group) is 1. The van der Waals surface area contributed by atoms with Crippen LogP contribution < -0.4 is 5.73 Å². The molecule has 18 heavy (non-hydrogen) atoms. The Morgan fingerprint density at radius 1 is 1.39 bits per heavy atom. The van der Waals surface area contributed by atoms with E-state index in [4.69, 9.17) is 5.73 Å². The SMILES string of the molecule is CC(c1cccs1)N(C)C(CN)C1CCCCC1. The molecule has 0 saturated heterocycles. The minimum Gasteiger partial charge on any atom is -0.329 e. The van der Waals surface area contributed by atoms with Gasteiger partial charge < -0.3 is 5.73 Å². The summed E-state index contributed by atoms with van der Waals surface area (Å²) >= 11 is 1.85. The summed E-state index contributed by atoms with van der Waals surface area (Å²) in [5.74, 6) is 0.802. The normalized spacial score (nSPS) is 21.1. The van der Waals surface area contributed by atoms with Crippen LogP contribution in [-0.2, 0) is 0 Å². The smallest absolute Gasteiger partial charge is 0.0413 e. The number of hydrogen-bond donors (Lipinski definition) is 1. The van der Waals surface area contributed by atoms with Crippen molar-refractivity contribution in [3.8, 4) is 0 Å². The van der Waals surface area contributed by atoms with Gasteiger partial charge in [-0.2, -0.15) is 0 Å². The zero-order valence-electron chi connectivity index (χ0n) is 11.6. The summed E-state index contributed by atoms with van der Waals surface area (Å²) in [4.78, 5) is 3.95. The highest BCUT2D eigenvalue weighted by Gasteiger charge is 2.28. The molecule has 2 N–H and O–H groups in total. The number of hydrogen-bond acceptors (Lipinski definition) is 3. The molecular weight excluding hydrogens is 240 g/mol. The minimum absolute atomic E-state index is 0.487.